The summed E-state index contributed by atoms with van der Waals surface area (Å²) in [5.74, 6) is -1.24. The molecule has 230 valence electrons. The highest BCUT2D eigenvalue weighted by molar-refractivity contribution is 5.92. The second kappa shape index (κ2) is 18.5. The molecule has 3 aromatic rings. The maximum atomic E-state index is 12.6. The van der Waals surface area contributed by atoms with Crippen molar-refractivity contribution in [3.05, 3.63) is 77.6 Å². The molecule has 1 atom stereocenters. The van der Waals surface area contributed by atoms with Crippen LogP contribution in [0.15, 0.2) is 60.9 Å². The number of aromatic nitrogens is 2. The van der Waals surface area contributed by atoms with Gasteiger partial charge in [-0.15, -0.1) is 0 Å². The van der Waals surface area contributed by atoms with Crippen LogP contribution in [-0.2, 0) is 20.7 Å². The Morgan fingerprint density at radius 2 is 1.26 bits per heavy atom. The minimum absolute atomic E-state index is 0.0905. The maximum absolute atomic E-state index is 12.6. The summed E-state index contributed by atoms with van der Waals surface area (Å²) in [5, 5.41) is 0. The highest BCUT2D eigenvalue weighted by atomic mass is 16.5. The summed E-state index contributed by atoms with van der Waals surface area (Å²) in [6.45, 7) is 3.77. The highest BCUT2D eigenvalue weighted by Crippen LogP contribution is 2.19. The van der Waals surface area contributed by atoms with Crippen LogP contribution in [0.4, 0.5) is 0 Å². The molecular formula is C35H44N2O6. The van der Waals surface area contributed by atoms with E-state index in [1.54, 1.807) is 31.2 Å². The van der Waals surface area contributed by atoms with Crippen molar-refractivity contribution in [1.29, 1.82) is 0 Å². The average Bonchev–Trinajstić information content (AvgIpc) is 3.04. The Kier molecular flexibility index (Phi) is 14.4. The lowest BCUT2D eigenvalue weighted by Crippen LogP contribution is -2.20. The number of esters is 3. The zero-order chi connectivity index (χ0) is 30.9. The summed E-state index contributed by atoms with van der Waals surface area (Å²) in [4.78, 5) is 45.4. The standard InChI is InChI=1S/C35H44N2O6/c1-4-5-6-7-8-9-10-11-12-13-14-27-23-36-32(37-24-27)28-15-17-30(18-16-28)35(40)43-31-21-19-29(20-22-31)34(39)42-25-26(2)33(38)41-3/h15-24,26H,4-14,25H2,1-3H3/t26-/m0/s1. The van der Waals surface area contributed by atoms with E-state index in [1.165, 1.54) is 89.2 Å². The lowest BCUT2D eigenvalue weighted by molar-refractivity contribution is -0.146. The quantitative estimate of drug-likeness (QED) is 0.0842. The second-order valence-electron chi connectivity index (χ2n) is 10.9. The fourth-order valence-corrected chi connectivity index (χ4v) is 4.58. The smallest absolute Gasteiger partial charge is 0.343 e. The number of hydrogen-bond donors (Lipinski definition) is 0. The van der Waals surface area contributed by atoms with E-state index in [2.05, 4.69) is 21.6 Å². The number of rotatable bonds is 18. The van der Waals surface area contributed by atoms with Gasteiger partial charge >= 0.3 is 17.9 Å². The van der Waals surface area contributed by atoms with Gasteiger partial charge in [0.05, 0.1) is 24.2 Å². The van der Waals surface area contributed by atoms with Gasteiger partial charge in [0.25, 0.3) is 0 Å². The summed E-state index contributed by atoms with van der Waals surface area (Å²) >= 11 is 0. The predicted octanol–water partition coefficient (Wildman–Crippen LogP) is 7.79. The number of hydrogen-bond acceptors (Lipinski definition) is 8. The molecule has 8 heteroatoms. The minimum Gasteiger partial charge on any atom is -0.469 e. The molecule has 1 heterocycles. The molecule has 0 saturated carbocycles. The van der Waals surface area contributed by atoms with Gasteiger partial charge in [0.15, 0.2) is 5.82 Å². The molecule has 8 nitrogen and oxygen atoms in total. The first-order valence-electron chi connectivity index (χ1n) is 15.4. The van der Waals surface area contributed by atoms with Gasteiger partial charge in [-0.05, 0) is 61.7 Å². The lowest BCUT2D eigenvalue weighted by atomic mass is 10.0. The Balaban J connectivity index is 1.40. The van der Waals surface area contributed by atoms with Crippen molar-refractivity contribution in [2.75, 3.05) is 13.7 Å². The Morgan fingerprint density at radius 3 is 1.84 bits per heavy atom. The van der Waals surface area contributed by atoms with Gasteiger partial charge in [0, 0.05) is 18.0 Å². The monoisotopic (exact) mass is 588 g/mol. The molecule has 0 aliphatic carbocycles. The Labute approximate surface area is 255 Å². The van der Waals surface area contributed by atoms with Gasteiger partial charge < -0.3 is 14.2 Å². The van der Waals surface area contributed by atoms with Crippen LogP contribution >= 0.6 is 0 Å². The van der Waals surface area contributed by atoms with Crippen LogP contribution in [-0.4, -0.2) is 41.6 Å². The molecule has 0 amide bonds. The van der Waals surface area contributed by atoms with Crippen LogP contribution in [0.5, 0.6) is 5.75 Å². The van der Waals surface area contributed by atoms with Crippen molar-refractivity contribution < 1.29 is 28.6 Å². The number of carbonyl (C=O) groups excluding carboxylic acids is 3. The average molecular weight is 589 g/mol. The summed E-state index contributed by atoms with van der Waals surface area (Å²) in [6.07, 6.45) is 17.9. The molecule has 43 heavy (non-hydrogen) atoms. The van der Waals surface area contributed by atoms with Crippen LogP contribution in [0.25, 0.3) is 11.4 Å². The first-order chi connectivity index (χ1) is 20.9. The lowest BCUT2D eigenvalue weighted by Gasteiger charge is -2.10. The molecule has 0 unspecified atom stereocenters. The zero-order valence-corrected chi connectivity index (χ0v) is 25.7. The van der Waals surface area contributed by atoms with E-state index < -0.39 is 23.8 Å². The summed E-state index contributed by atoms with van der Waals surface area (Å²) in [6, 6.07) is 12.9. The number of carbonyl (C=O) groups is 3. The van der Waals surface area contributed by atoms with Crippen LogP contribution in [0, 0.1) is 5.92 Å². The molecule has 0 saturated heterocycles. The molecule has 0 aliphatic rings. The van der Waals surface area contributed by atoms with Crippen molar-refractivity contribution >= 4 is 17.9 Å². The minimum atomic E-state index is -0.585. The number of ether oxygens (including phenoxy) is 3. The molecule has 1 aromatic heterocycles. The van der Waals surface area contributed by atoms with E-state index in [9.17, 15) is 14.4 Å². The molecule has 0 radical (unpaired) electrons. The summed E-state index contributed by atoms with van der Waals surface area (Å²) < 4.78 is 15.2. The van der Waals surface area contributed by atoms with Crippen molar-refractivity contribution in [3.63, 3.8) is 0 Å². The van der Waals surface area contributed by atoms with Gasteiger partial charge in [-0.2, -0.15) is 0 Å². The topological polar surface area (TPSA) is 105 Å². The Bertz CT molecular complexity index is 1270. The van der Waals surface area contributed by atoms with Crippen molar-refractivity contribution in [2.45, 2.75) is 84.5 Å². The third-order valence-electron chi connectivity index (χ3n) is 7.27. The molecule has 3 rings (SSSR count). The van der Waals surface area contributed by atoms with E-state index in [0.29, 0.717) is 11.4 Å². The SMILES string of the molecule is CCCCCCCCCCCCc1cnc(-c2ccc(C(=O)Oc3ccc(C(=O)OC[C@H](C)C(=O)OC)cc3)cc2)nc1. The normalized spacial score (nSPS) is 11.5. The number of nitrogens with zero attached hydrogens (tertiary/aromatic N) is 2. The van der Waals surface area contributed by atoms with Crippen molar-refractivity contribution in [1.82, 2.24) is 9.97 Å². The van der Waals surface area contributed by atoms with Crippen molar-refractivity contribution in [2.24, 2.45) is 5.92 Å². The van der Waals surface area contributed by atoms with E-state index >= 15 is 0 Å². The van der Waals surface area contributed by atoms with Crippen LogP contribution < -0.4 is 4.74 Å². The van der Waals surface area contributed by atoms with E-state index in [4.69, 9.17) is 9.47 Å². The first kappa shape index (κ1) is 33.4. The summed E-state index contributed by atoms with van der Waals surface area (Å²) in [5.41, 5.74) is 2.60. The number of methoxy groups -OCH3 is 1. The molecule has 0 fully saturated rings. The number of benzene rings is 2. The second-order valence-corrected chi connectivity index (χ2v) is 10.9. The van der Waals surface area contributed by atoms with E-state index in [0.717, 1.165) is 24.0 Å². The molecular weight excluding hydrogens is 544 g/mol. The maximum Gasteiger partial charge on any atom is 0.343 e. The summed E-state index contributed by atoms with van der Waals surface area (Å²) in [7, 11) is 1.28. The van der Waals surface area contributed by atoms with Gasteiger partial charge in [-0.1, -0.05) is 76.8 Å². The van der Waals surface area contributed by atoms with Gasteiger partial charge in [0.1, 0.15) is 12.4 Å². The Morgan fingerprint density at radius 1 is 0.721 bits per heavy atom. The van der Waals surface area contributed by atoms with Crippen molar-refractivity contribution in [3.8, 4) is 17.1 Å². The molecule has 0 spiro atoms. The van der Waals surface area contributed by atoms with Crippen LogP contribution in [0.2, 0.25) is 0 Å². The molecule has 0 N–H and O–H groups in total. The van der Waals surface area contributed by atoms with Gasteiger partial charge in [0.2, 0.25) is 0 Å². The highest BCUT2D eigenvalue weighted by Gasteiger charge is 2.17. The molecule has 0 bridgehead atoms. The van der Waals surface area contributed by atoms with Gasteiger partial charge in [-0.25, -0.2) is 19.6 Å². The van der Waals surface area contributed by atoms with E-state index in [-0.39, 0.29) is 17.9 Å². The third-order valence-corrected chi connectivity index (χ3v) is 7.27. The Hall–Kier alpha value is -4.07. The van der Waals surface area contributed by atoms with Gasteiger partial charge in [-0.3, -0.25) is 4.79 Å². The largest absolute Gasteiger partial charge is 0.469 e. The third kappa shape index (κ3) is 11.6. The number of aryl methyl sites for hydroxylation is 1. The predicted molar refractivity (Wildman–Crippen MR) is 166 cm³/mol. The fraction of sp³-hybridized carbons (Fsp3) is 0.457. The first-order valence-corrected chi connectivity index (χ1v) is 15.4. The van der Waals surface area contributed by atoms with Crippen LogP contribution in [0.3, 0.4) is 0 Å². The molecule has 2 aromatic carbocycles. The fourth-order valence-electron chi connectivity index (χ4n) is 4.58. The number of unbranched alkanes of at least 4 members (excludes halogenated alkanes) is 9. The van der Waals surface area contributed by atoms with E-state index in [1.807, 2.05) is 12.4 Å². The van der Waals surface area contributed by atoms with Crippen LogP contribution in [0.1, 0.15) is 104 Å². The zero-order valence-electron chi connectivity index (χ0n) is 25.7. The molecule has 0 aliphatic heterocycles.